The van der Waals surface area contributed by atoms with Gasteiger partial charge in [0, 0.05) is 19.2 Å². The van der Waals surface area contributed by atoms with E-state index in [9.17, 15) is 0 Å². The molecule has 0 amide bonds. The minimum Gasteiger partial charge on any atom is -0.380 e. The molecule has 0 spiro atoms. The zero-order chi connectivity index (χ0) is 15.7. The molecule has 1 atom stereocenters. The van der Waals surface area contributed by atoms with Gasteiger partial charge < -0.3 is 10.1 Å². The van der Waals surface area contributed by atoms with E-state index in [-0.39, 0.29) is 0 Å². The highest BCUT2D eigenvalue weighted by Crippen LogP contribution is 2.15. The molecule has 2 heteroatoms. The van der Waals surface area contributed by atoms with Crippen LogP contribution in [0.25, 0.3) is 0 Å². The highest BCUT2D eigenvalue weighted by atomic mass is 16.5. The first kappa shape index (κ1) is 18.2. The molecule has 0 aliphatic rings. The van der Waals surface area contributed by atoms with Gasteiger partial charge in [-0.2, -0.15) is 0 Å². The largest absolute Gasteiger partial charge is 0.380 e. The van der Waals surface area contributed by atoms with Crippen molar-refractivity contribution in [3.05, 3.63) is 35.4 Å². The first-order valence-electron chi connectivity index (χ1n) is 8.39. The molecule has 120 valence electrons. The van der Waals surface area contributed by atoms with Crippen LogP contribution in [0.1, 0.15) is 58.2 Å². The van der Waals surface area contributed by atoms with Gasteiger partial charge in [-0.1, -0.05) is 52.0 Å². The van der Waals surface area contributed by atoms with Crippen molar-refractivity contribution in [2.45, 2.75) is 53.5 Å². The van der Waals surface area contributed by atoms with E-state index in [0.717, 1.165) is 44.4 Å². The molecule has 0 fully saturated rings. The van der Waals surface area contributed by atoms with E-state index < -0.39 is 0 Å². The average Bonchev–Trinajstić information content (AvgIpc) is 2.42. The lowest BCUT2D eigenvalue weighted by Gasteiger charge is -2.15. The minimum absolute atomic E-state index is 0.381. The van der Waals surface area contributed by atoms with Crippen molar-refractivity contribution >= 4 is 0 Å². The predicted molar refractivity (Wildman–Crippen MR) is 91.7 cm³/mol. The number of rotatable bonds is 10. The van der Waals surface area contributed by atoms with Crippen LogP contribution in [0.15, 0.2) is 24.3 Å². The molecule has 2 nitrogen and oxygen atoms in total. The second kappa shape index (κ2) is 9.97. The van der Waals surface area contributed by atoms with Gasteiger partial charge in [0.1, 0.15) is 0 Å². The quantitative estimate of drug-likeness (QED) is 0.636. The number of hydrogen-bond acceptors (Lipinski definition) is 2. The lowest BCUT2D eigenvalue weighted by Crippen LogP contribution is -2.23. The molecule has 1 unspecified atom stereocenters. The molecular formula is C19H33NO. The van der Waals surface area contributed by atoms with Crippen molar-refractivity contribution in [1.82, 2.24) is 5.32 Å². The maximum Gasteiger partial charge on any atom is 0.0591 e. The van der Waals surface area contributed by atoms with E-state index in [2.05, 4.69) is 64.2 Å². The Kier molecular flexibility index (Phi) is 8.63. The van der Waals surface area contributed by atoms with Gasteiger partial charge in [-0.3, -0.25) is 0 Å². The number of benzene rings is 1. The standard InChI is InChI=1S/C19H33NO/c1-15(2)10-12-21-13-11-20-17(5)19-8-6-18(7-9-19)14-16(3)4/h6-9,15-17,20H,10-14H2,1-5H3. The maximum absolute atomic E-state index is 5.63. The van der Waals surface area contributed by atoms with Crippen molar-refractivity contribution in [1.29, 1.82) is 0 Å². The molecule has 0 heterocycles. The fraction of sp³-hybridized carbons (Fsp3) is 0.684. The maximum atomic E-state index is 5.63. The summed E-state index contributed by atoms with van der Waals surface area (Å²) in [5, 5.41) is 3.52. The Labute approximate surface area is 131 Å². The van der Waals surface area contributed by atoms with Gasteiger partial charge >= 0.3 is 0 Å². The van der Waals surface area contributed by atoms with Crippen molar-refractivity contribution < 1.29 is 4.74 Å². The molecule has 0 saturated carbocycles. The third-order valence-corrected chi connectivity index (χ3v) is 3.66. The monoisotopic (exact) mass is 291 g/mol. The SMILES string of the molecule is CC(C)CCOCCNC(C)c1ccc(CC(C)C)cc1. The van der Waals surface area contributed by atoms with Gasteiger partial charge in [0.15, 0.2) is 0 Å². The van der Waals surface area contributed by atoms with E-state index in [1.807, 2.05) is 0 Å². The second-order valence-corrected chi connectivity index (χ2v) is 6.81. The number of ether oxygens (including phenoxy) is 1. The van der Waals surface area contributed by atoms with Gasteiger partial charge in [-0.05, 0) is 42.7 Å². The summed E-state index contributed by atoms with van der Waals surface area (Å²) in [6.07, 6.45) is 2.30. The summed E-state index contributed by atoms with van der Waals surface area (Å²) >= 11 is 0. The molecule has 0 bridgehead atoms. The Morgan fingerprint density at radius 2 is 1.57 bits per heavy atom. The molecule has 21 heavy (non-hydrogen) atoms. The fourth-order valence-electron chi connectivity index (χ4n) is 2.30. The van der Waals surface area contributed by atoms with Gasteiger partial charge in [0.2, 0.25) is 0 Å². The van der Waals surface area contributed by atoms with Gasteiger partial charge in [-0.15, -0.1) is 0 Å². The number of hydrogen-bond donors (Lipinski definition) is 1. The average molecular weight is 291 g/mol. The van der Waals surface area contributed by atoms with E-state index in [1.54, 1.807) is 0 Å². The third-order valence-electron chi connectivity index (χ3n) is 3.66. The highest BCUT2D eigenvalue weighted by molar-refractivity contribution is 5.25. The molecule has 0 aromatic heterocycles. The van der Waals surface area contributed by atoms with Crippen LogP contribution >= 0.6 is 0 Å². The van der Waals surface area contributed by atoms with E-state index in [4.69, 9.17) is 4.74 Å². The summed E-state index contributed by atoms with van der Waals surface area (Å²) in [5.74, 6) is 1.44. The van der Waals surface area contributed by atoms with Crippen LogP contribution in [0.5, 0.6) is 0 Å². The molecule has 0 radical (unpaired) electrons. The highest BCUT2D eigenvalue weighted by Gasteiger charge is 2.05. The Bertz CT molecular complexity index is 370. The van der Waals surface area contributed by atoms with Crippen LogP contribution in [0.4, 0.5) is 0 Å². The lowest BCUT2D eigenvalue weighted by atomic mass is 10.00. The smallest absolute Gasteiger partial charge is 0.0591 e. The first-order valence-corrected chi connectivity index (χ1v) is 8.39. The lowest BCUT2D eigenvalue weighted by molar-refractivity contribution is 0.123. The molecule has 1 rings (SSSR count). The zero-order valence-corrected chi connectivity index (χ0v) is 14.5. The zero-order valence-electron chi connectivity index (χ0n) is 14.5. The molecule has 0 aliphatic heterocycles. The van der Waals surface area contributed by atoms with E-state index in [1.165, 1.54) is 11.1 Å². The summed E-state index contributed by atoms with van der Waals surface area (Å²) in [6, 6.07) is 9.38. The summed E-state index contributed by atoms with van der Waals surface area (Å²) < 4.78 is 5.63. The van der Waals surface area contributed by atoms with E-state index in [0.29, 0.717) is 6.04 Å². The first-order chi connectivity index (χ1) is 9.99. The molecular weight excluding hydrogens is 258 g/mol. The topological polar surface area (TPSA) is 21.3 Å². The Hall–Kier alpha value is -0.860. The predicted octanol–water partition coefficient (Wildman–Crippen LogP) is 4.60. The Morgan fingerprint density at radius 3 is 2.14 bits per heavy atom. The fourth-order valence-corrected chi connectivity index (χ4v) is 2.30. The van der Waals surface area contributed by atoms with Crippen molar-refractivity contribution in [2.75, 3.05) is 19.8 Å². The van der Waals surface area contributed by atoms with Crippen LogP contribution < -0.4 is 5.32 Å². The molecule has 0 saturated heterocycles. The summed E-state index contributed by atoms with van der Waals surface area (Å²) in [6.45, 7) is 13.8. The van der Waals surface area contributed by atoms with E-state index >= 15 is 0 Å². The number of nitrogens with one attached hydrogen (secondary N) is 1. The minimum atomic E-state index is 0.381. The van der Waals surface area contributed by atoms with Gasteiger partial charge in [-0.25, -0.2) is 0 Å². The molecule has 1 N–H and O–H groups in total. The molecule has 1 aromatic carbocycles. The van der Waals surface area contributed by atoms with Crippen LogP contribution in [-0.2, 0) is 11.2 Å². The summed E-state index contributed by atoms with van der Waals surface area (Å²) in [4.78, 5) is 0. The Morgan fingerprint density at radius 1 is 0.905 bits per heavy atom. The third kappa shape index (κ3) is 8.23. The van der Waals surface area contributed by atoms with Crippen LogP contribution in [0.2, 0.25) is 0 Å². The van der Waals surface area contributed by atoms with Crippen LogP contribution in [0.3, 0.4) is 0 Å². The van der Waals surface area contributed by atoms with Crippen molar-refractivity contribution in [3.63, 3.8) is 0 Å². The molecule has 0 aliphatic carbocycles. The second-order valence-electron chi connectivity index (χ2n) is 6.81. The van der Waals surface area contributed by atoms with Crippen LogP contribution in [-0.4, -0.2) is 19.8 Å². The normalized spacial score (nSPS) is 13.1. The van der Waals surface area contributed by atoms with Gasteiger partial charge in [0.25, 0.3) is 0 Å². The summed E-state index contributed by atoms with van der Waals surface area (Å²) in [7, 11) is 0. The van der Waals surface area contributed by atoms with Crippen LogP contribution in [0, 0.1) is 11.8 Å². The van der Waals surface area contributed by atoms with Crippen molar-refractivity contribution in [2.24, 2.45) is 11.8 Å². The Balaban J connectivity index is 2.24. The summed E-state index contributed by atoms with van der Waals surface area (Å²) in [5.41, 5.74) is 2.78. The van der Waals surface area contributed by atoms with Crippen molar-refractivity contribution in [3.8, 4) is 0 Å². The molecule has 1 aromatic rings. The van der Waals surface area contributed by atoms with Gasteiger partial charge in [0.05, 0.1) is 6.61 Å².